The lowest BCUT2D eigenvalue weighted by Crippen LogP contribution is -2.20. The van der Waals surface area contributed by atoms with E-state index in [-0.39, 0.29) is 11.3 Å². The number of benzene rings is 1. The highest BCUT2D eigenvalue weighted by molar-refractivity contribution is 6.32. The van der Waals surface area contributed by atoms with Crippen LogP contribution in [0.5, 0.6) is 11.5 Å². The monoisotopic (exact) mass is 227 g/mol. The summed E-state index contributed by atoms with van der Waals surface area (Å²) in [5, 5.41) is 10.5. The van der Waals surface area contributed by atoms with Crippen LogP contribution in [0.2, 0.25) is 5.02 Å². The lowest BCUT2D eigenvalue weighted by Gasteiger charge is -2.18. The zero-order valence-electron chi connectivity index (χ0n) is 8.80. The molecule has 1 aromatic carbocycles. The molecule has 0 radical (unpaired) electrons. The van der Waals surface area contributed by atoms with E-state index in [9.17, 15) is 5.11 Å². The normalized spacial score (nSPS) is 17.6. The second kappa shape index (κ2) is 3.29. The minimum atomic E-state index is -0.383. The van der Waals surface area contributed by atoms with Gasteiger partial charge in [-0.3, -0.25) is 0 Å². The molecule has 2 rings (SSSR count). The highest BCUT2D eigenvalue weighted by atomic mass is 35.5. The first kappa shape index (κ1) is 10.6. The lowest BCUT2D eigenvalue weighted by molar-refractivity contribution is 0.367. The molecule has 0 saturated heterocycles. The quantitative estimate of drug-likeness (QED) is 0.815. The van der Waals surface area contributed by atoms with Gasteiger partial charge in [-0.05, 0) is 31.4 Å². The van der Waals surface area contributed by atoms with Crippen LogP contribution in [0.1, 0.15) is 24.0 Å². The molecular formula is C11H14ClNO2. The van der Waals surface area contributed by atoms with Gasteiger partial charge in [-0.15, -0.1) is 0 Å². The molecule has 1 aliphatic rings. The molecule has 0 aliphatic heterocycles. The van der Waals surface area contributed by atoms with Gasteiger partial charge in [-0.25, -0.2) is 0 Å². The summed E-state index contributed by atoms with van der Waals surface area (Å²) in [4.78, 5) is 0. The van der Waals surface area contributed by atoms with Crippen molar-refractivity contribution in [2.24, 2.45) is 5.73 Å². The van der Waals surface area contributed by atoms with Crippen molar-refractivity contribution in [3.63, 3.8) is 0 Å². The van der Waals surface area contributed by atoms with Gasteiger partial charge in [0.05, 0.1) is 12.1 Å². The predicted octanol–water partition coefficient (Wildman–Crippen LogP) is 2.31. The van der Waals surface area contributed by atoms with Crippen LogP contribution >= 0.6 is 11.6 Å². The largest absolute Gasteiger partial charge is 0.504 e. The summed E-state index contributed by atoms with van der Waals surface area (Å²) < 4.78 is 5.06. The summed E-state index contributed by atoms with van der Waals surface area (Å²) in [7, 11) is 1.48. The summed E-state index contributed by atoms with van der Waals surface area (Å²) in [6.45, 7) is 1.90. The van der Waals surface area contributed by atoms with Crippen molar-refractivity contribution in [1.82, 2.24) is 0 Å². The Morgan fingerprint density at radius 3 is 2.60 bits per heavy atom. The third-order valence-corrected chi connectivity index (χ3v) is 3.18. The van der Waals surface area contributed by atoms with Crippen LogP contribution in [0.25, 0.3) is 0 Å². The van der Waals surface area contributed by atoms with Gasteiger partial charge in [0.1, 0.15) is 0 Å². The van der Waals surface area contributed by atoms with E-state index < -0.39 is 0 Å². The maximum Gasteiger partial charge on any atom is 0.179 e. The van der Waals surface area contributed by atoms with Gasteiger partial charge in [-0.1, -0.05) is 11.6 Å². The minimum Gasteiger partial charge on any atom is -0.504 e. The van der Waals surface area contributed by atoms with Crippen molar-refractivity contribution in [2.75, 3.05) is 7.11 Å². The molecule has 15 heavy (non-hydrogen) atoms. The van der Waals surface area contributed by atoms with Gasteiger partial charge >= 0.3 is 0 Å². The number of hydrogen-bond acceptors (Lipinski definition) is 3. The van der Waals surface area contributed by atoms with Crippen molar-refractivity contribution in [1.29, 1.82) is 0 Å². The number of aryl methyl sites for hydroxylation is 1. The van der Waals surface area contributed by atoms with E-state index in [2.05, 4.69) is 0 Å². The fourth-order valence-corrected chi connectivity index (χ4v) is 2.28. The number of methoxy groups -OCH3 is 1. The maximum atomic E-state index is 10.0. The second-order valence-corrected chi connectivity index (χ2v) is 4.50. The minimum absolute atomic E-state index is 0.0856. The van der Waals surface area contributed by atoms with Crippen molar-refractivity contribution in [2.45, 2.75) is 25.3 Å². The van der Waals surface area contributed by atoms with Crippen LogP contribution in [0.15, 0.2) is 6.07 Å². The van der Waals surface area contributed by atoms with Crippen LogP contribution in [-0.2, 0) is 5.54 Å². The fourth-order valence-electron chi connectivity index (χ4n) is 1.95. The van der Waals surface area contributed by atoms with Crippen LogP contribution in [0, 0.1) is 6.92 Å². The molecule has 1 saturated carbocycles. The number of ether oxygens (including phenoxy) is 1. The Morgan fingerprint density at radius 1 is 1.53 bits per heavy atom. The Morgan fingerprint density at radius 2 is 2.13 bits per heavy atom. The SMILES string of the molecule is COc1c(Cl)cc(C)c(C2(N)CC2)c1O. The van der Waals surface area contributed by atoms with Crippen molar-refractivity contribution in [3.8, 4) is 11.5 Å². The van der Waals surface area contributed by atoms with Gasteiger partial charge in [0.15, 0.2) is 11.5 Å². The lowest BCUT2D eigenvalue weighted by atomic mass is 9.98. The van der Waals surface area contributed by atoms with Crippen LogP contribution in [-0.4, -0.2) is 12.2 Å². The molecule has 1 aromatic rings. The number of nitrogens with two attached hydrogens (primary N) is 1. The van der Waals surface area contributed by atoms with Gasteiger partial charge < -0.3 is 15.6 Å². The summed E-state index contributed by atoms with van der Waals surface area (Å²) in [6, 6.07) is 1.78. The predicted molar refractivity (Wildman–Crippen MR) is 59.5 cm³/mol. The number of rotatable bonds is 2. The Labute approximate surface area is 93.8 Å². The number of phenolic OH excluding ortho intramolecular Hbond substituents is 1. The molecule has 82 valence electrons. The molecule has 0 atom stereocenters. The first-order valence-electron chi connectivity index (χ1n) is 4.85. The first-order valence-corrected chi connectivity index (χ1v) is 5.23. The number of aromatic hydroxyl groups is 1. The first-order chi connectivity index (χ1) is 6.99. The standard InChI is InChI=1S/C11H14ClNO2/c1-6-5-7(12)10(15-2)9(14)8(6)11(13)3-4-11/h5,14H,3-4,13H2,1-2H3. The third kappa shape index (κ3) is 1.56. The highest BCUT2D eigenvalue weighted by Crippen LogP contribution is 2.51. The zero-order chi connectivity index (χ0) is 11.2. The van der Waals surface area contributed by atoms with E-state index in [1.807, 2.05) is 6.92 Å². The average Bonchev–Trinajstić information content (AvgIpc) is 2.83. The van der Waals surface area contributed by atoms with Crippen molar-refractivity contribution < 1.29 is 9.84 Å². The van der Waals surface area contributed by atoms with Gasteiger partial charge in [0, 0.05) is 11.1 Å². The Kier molecular flexibility index (Phi) is 2.32. The summed E-state index contributed by atoms with van der Waals surface area (Å²) in [6.07, 6.45) is 1.79. The van der Waals surface area contributed by atoms with E-state index >= 15 is 0 Å². The van der Waals surface area contributed by atoms with E-state index in [4.69, 9.17) is 22.1 Å². The number of halogens is 1. The molecule has 1 aliphatic carbocycles. The van der Waals surface area contributed by atoms with Crippen LogP contribution in [0.4, 0.5) is 0 Å². The highest BCUT2D eigenvalue weighted by Gasteiger charge is 2.44. The molecule has 0 amide bonds. The molecule has 0 spiro atoms. The molecule has 3 nitrogen and oxygen atoms in total. The van der Waals surface area contributed by atoms with Gasteiger partial charge in [0.2, 0.25) is 0 Å². The summed E-state index contributed by atoms with van der Waals surface area (Å²) in [5.74, 6) is 0.400. The maximum absolute atomic E-state index is 10.0. The number of hydrogen-bond donors (Lipinski definition) is 2. The third-order valence-electron chi connectivity index (χ3n) is 2.90. The van der Waals surface area contributed by atoms with Crippen LogP contribution in [0.3, 0.4) is 0 Å². The molecular weight excluding hydrogens is 214 g/mol. The van der Waals surface area contributed by atoms with E-state index in [0.29, 0.717) is 10.8 Å². The Balaban J connectivity index is 2.64. The molecule has 0 unspecified atom stereocenters. The second-order valence-electron chi connectivity index (χ2n) is 4.09. The van der Waals surface area contributed by atoms with Crippen LogP contribution < -0.4 is 10.5 Å². The Hall–Kier alpha value is -0.930. The van der Waals surface area contributed by atoms with E-state index in [1.165, 1.54) is 7.11 Å². The number of phenols is 1. The Bertz CT molecular complexity index is 414. The molecule has 0 aromatic heterocycles. The molecule has 4 heteroatoms. The van der Waals surface area contributed by atoms with E-state index in [0.717, 1.165) is 24.0 Å². The molecule has 0 bridgehead atoms. The summed E-state index contributed by atoms with van der Waals surface area (Å²) >= 11 is 5.95. The molecule has 1 fully saturated rings. The topological polar surface area (TPSA) is 55.5 Å². The smallest absolute Gasteiger partial charge is 0.179 e. The van der Waals surface area contributed by atoms with Crippen molar-refractivity contribution >= 4 is 11.6 Å². The van der Waals surface area contributed by atoms with Crippen molar-refractivity contribution in [3.05, 3.63) is 22.2 Å². The van der Waals surface area contributed by atoms with Gasteiger partial charge in [0.25, 0.3) is 0 Å². The molecule has 3 N–H and O–H groups in total. The van der Waals surface area contributed by atoms with E-state index in [1.54, 1.807) is 6.07 Å². The summed E-state index contributed by atoms with van der Waals surface area (Å²) in [5.41, 5.74) is 7.38. The van der Waals surface area contributed by atoms with Gasteiger partial charge in [-0.2, -0.15) is 0 Å². The fraction of sp³-hybridized carbons (Fsp3) is 0.455. The zero-order valence-corrected chi connectivity index (χ0v) is 9.56. The molecule has 0 heterocycles. The average molecular weight is 228 g/mol.